The molecule has 0 aromatic heterocycles. The van der Waals surface area contributed by atoms with Gasteiger partial charge in [0, 0.05) is 5.02 Å². The largest absolute Gasteiger partial charge is 0.491 e. The fourth-order valence-corrected chi connectivity index (χ4v) is 3.96. The molecule has 6 nitrogen and oxygen atoms in total. The summed E-state index contributed by atoms with van der Waals surface area (Å²) >= 11 is 5.87. The maximum Gasteiger partial charge on any atom is 0.243 e. The first-order valence-electron chi connectivity index (χ1n) is 8.82. The molecule has 0 aliphatic heterocycles. The van der Waals surface area contributed by atoms with Crippen molar-refractivity contribution in [3.8, 4) is 5.75 Å². The smallest absolute Gasteiger partial charge is 0.243 e. The molecular weight excluding hydrogens is 400 g/mol. The van der Waals surface area contributed by atoms with Crippen LogP contribution in [0.3, 0.4) is 0 Å². The lowest BCUT2D eigenvalue weighted by Gasteiger charge is -2.29. The van der Waals surface area contributed by atoms with E-state index in [2.05, 4.69) is 5.32 Å². The highest BCUT2D eigenvalue weighted by Gasteiger charge is 2.29. The van der Waals surface area contributed by atoms with Crippen LogP contribution in [0.15, 0.2) is 48.5 Å². The number of aryl methyl sites for hydroxylation is 1. The summed E-state index contributed by atoms with van der Waals surface area (Å²) in [6.45, 7) is 5.59. The average molecular weight is 425 g/mol. The van der Waals surface area contributed by atoms with Gasteiger partial charge in [0.05, 0.1) is 18.0 Å². The number of benzene rings is 2. The second-order valence-electron chi connectivity index (χ2n) is 6.74. The Morgan fingerprint density at radius 1 is 1.11 bits per heavy atom. The number of nitrogens with one attached hydrogen (secondary N) is 1. The van der Waals surface area contributed by atoms with Crippen LogP contribution in [0.4, 0.5) is 5.69 Å². The van der Waals surface area contributed by atoms with E-state index in [1.54, 1.807) is 38.1 Å². The van der Waals surface area contributed by atoms with Crippen molar-refractivity contribution in [2.45, 2.75) is 32.9 Å². The Morgan fingerprint density at radius 2 is 1.68 bits per heavy atom. The second-order valence-corrected chi connectivity index (χ2v) is 9.04. The molecule has 2 aromatic rings. The molecule has 0 aliphatic rings. The average Bonchev–Trinajstić information content (AvgIpc) is 2.62. The monoisotopic (exact) mass is 424 g/mol. The van der Waals surface area contributed by atoms with Crippen molar-refractivity contribution in [3.05, 3.63) is 59.1 Å². The normalized spacial score (nSPS) is 13.5. The van der Waals surface area contributed by atoms with E-state index in [0.29, 0.717) is 16.5 Å². The van der Waals surface area contributed by atoms with Gasteiger partial charge in [-0.25, -0.2) is 8.42 Å². The van der Waals surface area contributed by atoms with Crippen LogP contribution >= 0.6 is 11.6 Å². The topological polar surface area (TPSA) is 75.7 Å². The number of amides is 1. The van der Waals surface area contributed by atoms with Gasteiger partial charge in [0.15, 0.2) is 0 Å². The van der Waals surface area contributed by atoms with Gasteiger partial charge < -0.3 is 10.1 Å². The van der Waals surface area contributed by atoms with Gasteiger partial charge >= 0.3 is 0 Å². The first-order chi connectivity index (χ1) is 13.1. The van der Waals surface area contributed by atoms with E-state index in [1.807, 2.05) is 31.2 Å². The standard InChI is InChI=1S/C20H25ClN2O4S/c1-14-5-11-19(12-6-14)27-13-15(2)22-20(24)16(3)23(28(4,25)26)18-9-7-17(21)8-10-18/h5-12,15-16H,13H2,1-4H3,(H,22,24)/t15-,16-/m1/s1. The van der Waals surface area contributed by atoms with E-state index in [0.717, 1.165) is 16.1 Å². The molecule has 0 heterocycles. The van der Waals surface area contributed by atoms with Gasteiger partial charge in [-0.2, -0.15) is 0 Å². The maximum atomic E-state index is 12.6. The van der Waals surface area contributed by atoms with E-state index in [9.17, 15) is 13.2 Å². The number of hydrogen-bond donors (Lipinski definition) is 1. The number of halogens is 1. The highest BCUT2D eigenvalue weighted by Crippen LogP contribution is 2.23. The number of ether oxygens (including phenoxy) is 1. The van der Waals surface area contributed by atoms with Crippen molar-refractivity contribution in [1.82, 2.24) is 5.32 Å². The van der Waals surface area contributed by atoms with Crippen LogP contribution in [0.25, 0.3) is 0 Å². The zero-order valence-electron chi connectivity index (χ0n) is 16.3. The Labute approximate surface area is 171 Å². The van der Waals surface area contributed by atoms with Gasteiger partial charge in [-0.15, -0.1) is 0 Å². The molecule has 28 heavy (non-hydrogen) atoms. The predicted molar refractivity (Wildman–Crippen MR) is 113 cm³/mol. The van der Waals surface area contributed by atoms with Crippen molar-refractivity contribution in [3.63, 3.8) is 0 Å². The highest BCUT2D eigenvalue weighted by molar-refractivity contribution is 7.92. The van der Waals surface area contributed by atoms with Crippen LogP contribution in [-0.4, -0.2) is 39.3 Å². The minimum atomic E-state index is -3.67. The molecule has 0 spiro atoms. The molecule has 2 aromatic carbocycles. The SMILES string of the molecule is Cc1ccc(OC[C@@H](C)NC(=O)[C@@H](C)N(c2ccc(Cl)cc2)S(C)(=O)=O)cc1. The zero-order valence-corrected chi connectivity index (χ0v) is 17.9. The van der Waals surface area contributed by atoms with Crippen molar-refractivity contribution in [2.75, 3.05) is 17.2 Å². The first-order valence-corrected chi connectivity index (χ1v) is 11.1. The van der Waals surface area contributed by atoms with Crippen LogP contribution in [0, 0.1) is 6.92 Å². The summed E-state index contributed by atoms with van der Waals surface area (Å²) in [6, 6.07) is 12.7. The molecule has 2 atom stereocenters. The molecule has 2 rings (SSSR count). The summed E-state index contributed by atoms with van der Waals surface area (Å²) < 4.78 is 31.3. The summed E-state index contributed by atoms with van der Waals surface area (Å²) in [4.78, 5) is 12.6. The molecule has 1 amide bonds. The summed E-state index contributed by atoms with van der Waals surface area (Å²) in [6.07, 6.45) is 1.06. The van der Waals surface area contributed by atoms with Crippen LogP contribution in [0.2, 0.25) is 5.02 Å². The van der Waals surface area contributed by atoms with Gasteiger partial charge in [0.25, 0.3) is 0 Å². The van der Waals surface area contributed by atoms with E-state index in [-0.39, 0.29) is 12.6 Å². The van der Waals surface area contributed by atoms with Gasteiger partial charge in [0.1, 0.15) is 18.4 Å². The van der Waals surface area contributed by atoms with Gasteiger partial charge in [-0.05, 0) is 57.2 Å². The lowest BCUT2D eigenvalue weighted by Crippen LogP contribution is -2.50. The lowest BCUT2D eigenvalue weighted by molar-refractivity contribution is -0.122. The Kier molecular flexibility index (Phi) is 7.32. The van der Waals surface area contributed by atoms with Crippen LogP contribution in [-0.2, 0) is 14.8 Å². The van der Waals surface area contributed by atoms with Crippen LogP contribution < -0.4 is 14.4 Å². The van der Waals surface area contributed by atoms with Crippen molar-refractivity contribution >= 4 is 33.2 Å². The van der Waals surface area contributed by atoms with Gasteiger partial charge in [-0.1, -0.05) is 29.3 Å². The molecule has 0 bridgehead atoms. The number of carbonyl (C=O) groups excluding carboxylic acids is 1. The number of carbonyl (C=O) groups is 1. The minimum Gasteiger partial charge on any atom is -0.491 e. The third-order valence-corrected chi connectivity index (χ3v) is 5.57. The predicted octanol–water partition coefficient (Wildman–Crippen LogP) is 3.39. The molecular formula is C20H25ClN2O4S. The van der Waals surface area contributed by atoms with Crippen LogP contribution in [0.1, 0.15) is 19.4 Å². The Balaban J connectivity index is 2.03. The molecule has 0 unspecified atom stereocenters. The van der Waals surface area contributed by atoms with Crippen molar-refractivity contribution in [2.24, 2.45) is 0 Å². The summed E-state index contributed by atoms with van der Waals surface area (Å²) in [5, 5.41) is 3.28. The van der Waals surface area contributed by atoms with E-state index in [4.69, 9.17) is 16.3 Å². The lowest BCUT2D eigenvalue weighted by atomic mass is 10.2. The number of sulfonamides is 1. The van der Waals surface area contributed by atoms with Crippen molar-refractivity contribution in [1.29, 1.82) is 0 Å². The second kappa shape index (κ2) is 9.30. The molecule has 0 fully saturated rings. The molecule has 0 saturated heterocycles. The number of nitrogens with zero attached hydrogens (tertiary/aromatic N) is 1. The highest BCUT2D eigenvalue weighted by atomic mass is 35.5. The molecule has 0 saturated carbocycles. The Morgan fingerprint density at radius 3 is 2.21 bits per heavy atom. The molecule has 0 aliphatic carbocycles. The third-order valence-electron chi connectivity index (χ3n) is 4.08. The number of rotatable bonds is 8. The van der Waals surface area contributed by atoms with Crippen LogP contribution in [0.5, 0.6) is 5.75 Å². The van der Waals surface area contributed by atoms with E-state index < -0.39 is 22.0 Å². The molecule has 152 valence electrons. The summed E-state index contributed by atoms with van der Waals surface area (Å²) in [5.74, 6) is 0.291. The fraction of sp³-hybridized carbons (Fsp3) is 0.350. The number of anilines is 1. The summed E-state index contributed by atoms with van der Waals surface area (Å²) in [5.41, 5.74) is 1.50. The van der Waals surface area contributed by atoms with E-state index in [1.165, 1.54) is 0 Å². The van der Waals surface area contributed by atoms with Crippen molar-refractivity contribution < 1.29 is 17.9 Å². The van der Waals surface area contributed by atoms with Gasteiger partial charge in [-0.3, -0.25) is 9.10 Å². The Hall–Kier alpha value is -2.25. The Bertz CT molecular complexity index is 899. The first kappa shape index (κ1) is 22.0. The maximum absolute atomic E-state index is 12.6. The third kappa shape index (κ3) is 6.14. The van der Waals surface area contributed by atoms with E-state index >= 15 is 0 Å². The van der Waals surface area contributed by atoms with Gasteiger partial charge in [0.2, 0.25) is 15.9 Å². The number of hydrogen-bond acceptors (Lipinski definition) is 4. The molecule has 0 radical (unpaired) electrons. The fourth-order valence-electron chi connectivity index (χ4n) is 2.66. The molecule has 1 N–H and O–H groups in total. The quantitative estimate of drug-likeness (QED) is 0.704. The summed E-state index contributed by atoms with van der Waals surface area (Å²) in [7, 11) is -3.67. The molecule has 8 heteroatoms. The zero-order chi connectivity index (χ0) is 20.9. The minimum absolute atomic E-state index is 0.265.